The first kappa shape index (κ1) is 50.2. The summed E-state index contributed by atoms with van der Waals surface area (Å²) in [7, 11) is 3.91. The van der Waals surface area contributed by atoms with Gasteiger partial charge in [0.25, 0.3) is 0 Å². The van der Waals surface area contributed by atoms with Crippen LogP contribution >= 0.6 is 0 Å². The van der Waals surface area contributed by atoms with E-state index in [1.807, 2.05) is 52.3 Å². The second-order valence-corrected chi connectivity index (χ2v) is 16.1. The molecule has 2 atom stereocenters. The highest BCUT2D eigenvalue weighted by Crippen LogP contribution is 2.37. The zero-order valence-corrected chi connectivity index (χ0v) is 38.6. The van der Waals surface area contributed by atoms with Crippen LogP contribution in [0.3, 0.4) is 0 Å². The van der Waals surface area contributed by atoms with Crippen LogP contribution in [-0.4, -0.2) is 80.1 Å². The van der Waals surface area contributed by atoms with Gasteiger partial charge in [-0.1, -0.05) is 135 Å². The van der Waals surface area contributed by atoms with Crippen molar-refractivity contribution in [2.75, 3.05) is 53.5 Å². The molecule has 1 aliphatic carbocycles. The highest BCUT2D eigenvalue weighted by atomic mass is 15.4. The maximum absolute atomic E-state index is 4.55. The van der Waals surface area contributed by atoms with Crippen molar-refractivity contribution in [2.45, 2.75) is 137 Å². The van der Waals surface area contributed by atoms with Gasteiger partial charge in [-0.2, -0.15) is 0 Å². The third-order valence-corrected chi connectivity index (χ3v) is 11.7. The van der Waals surface area contributed by atoms with E-state index in [1.165, 1.54) is 104 Å². The van der Waals surface area contributed by atoms with E-state index >= 15 is 0 Å². The van der Waals surface area contributed by atoms with Gasteiger partial charge in [-0.15, -0.1) is 0 Å². The highest BCUT2D eigenvalue weighted by molar-refractivity contribution is 5.99. The van der Waals surface area contributed by atoms with Crippen LogP contribution in [0.4, 0.5) is 0 Å². The molecule has 4 aliphatic rings. The monoisotopic (exact) mass is 796 g/mol. The molecule has 0 bridgehead atoms. The Morgan fingerprint density at radius 1 is 0.914 bits per heavy atom. The van der Waals surface area contributed by atoms with E-state index < -0.39 is 0 Å². The molecular formula is C51H85N7. The molecule has 3 N–H and O–H groups in total. The van der Waals surface area contributed by atoms with Gasteiger partial charge in [-0.05, 0) is 107 Å². The summed E-state index contributed by atoms with van der Waals surface area (Å²) >= 11 is 0. The number of hydrogen-bond donors (Lipinski definition) is 3. The molecule has 7 heteroatoms. The molecular weight excluding hydrogens is 711 g/mol. The largest absolute Gasteiger partial charge is 0.391 e. The van der Waals surface area contributed by atoms with E-state index in [4.69, 9.17) is 0 Å². The molecule has 324 valence electrons. The minimum atomic E-state index is 0.306. The lowest BCUT2D eigenvalue weighted by atomic mass is 9.97. The summed E-state index contributed by atoms with van der Waals surface area (Å²) in [5.41, 5.74) is 11.4. The minimum Gasteiger partial charge on any atom is -0.391 e. The quantitative estimate of drug-likeness (QED) is 0.0782. The van der Waals surface area contributed by atoms with Crippen molar-refractivity contribution in [3.8, 4) is 0 Å². The van der Waals surface area contributed by atoms with Gasteiger partial charge < -0.3 is 30.7 Å². The lowest BCUT2D eigenvalue weighted by Gasteiger charge is -2.37. The summed E-state index contributed by atoms with van der Waals surface area (Å²) in [4.78, 5) is 11.5. The Balaban J connectivity index is 0.000000357. The third-order valence-electron chi connectivity index (χ3n) is 11.7. The van der Waals surface area contributed by atoms with E-state index in [-0.39, 0.29) is 0 Å². The Labute approximate surface area is 357 Å². The van der Waals surface area contributed by atoms with Gasteiger partial charge in [0.2, 0.25) is 0 Å². The zero-order chi connectivity index (χ0) is 42.9. The Morgan fingerprint density at radius 2 is 1.57 bits per heavy atom. The predicted molar refractivity (Wildman–Crippen MR) is 256 cm³/mol. The van der Waals surface area contributed by atoms with Crippen molar-refractivity contribution in [1.29, 1.82) is 0 Å². The number of amidine groups is 1. The van der Waals surface area contributed by atoms with Crippen molar-refractivity contribution in [1.82, 2.24) is 30.7 Å². The predicted octanol–water partition coefficient (Wildman–Crippen LogP) is 11.6. The van der Waals surface area contributed by atoms with Crippen molar-refractivity contribution < 1.29 is 0 Å². The molecule has 0 spiro atoms. The molecule has 5 rings (SSSR count). The smallest absolute Gasteiger partial charge is 0.129 e. The summed E-state index contributed by atoms with van der Waals surface area (Å²) in [5, 5.41) is 10.2. The average Bonchev–Trinajstić information content (AvgIpc) is 3.94. The van der Waals surface area contributed by atoms with Crippen LogP contribution in [0, 0.1) is 12.8 Å². The van der Waals surface area contributed by atoms with Crippen LogP contribution in [0.2, 0.25) is 0 Å². The number of nitrogens with one attached hydrogen (secondary N) is 3. The molecule has 1 aromatic rings. The molecule has 1 aromatic carbocycles. The Hall–Kier alpha value is -3.97. The maximum Gasteiger partial charge on any atom is 0.129 e. The van der Waals surface area contributed by atoms with Crippen molar-refractivity contribution in [2.24, 2.45) is 10.9 Å². The molecule has 3 aliphatic heterocycles. The minimum absolute atomic E-state index is 0.306. The first-order chi connectivity index (χ1) is 28.1. The topological polar surface area (TPSA) is 58.2 Å². The van der Waals surface area contributed by atoms with Crippen LogP contribution in [0.1, 0.15) is 130 Å². The molecule has 7 nitrogen and oxygen atoms in total. The van der Waals surface area contributed by atoms with E-state index in [0.717, 1.165) is 81.5 Å². The molecule has 2 fully saturated rings. The van der Waals surface area contributed by atoms with Crippen molar-refractivity contribution >= 4 is 5.84 Å². The van der Waals surface area contributed by atoms with Gasteiger partial charge in [0.05, 0.1) is 12.7 Å². The van der Waals surface area contributed by atoms with Gasteiger partial charge >= 0.3 is 0 Å². The second kappa shape index (κ2) is 28.5. The highest BCUT2D eigenvalue weighted by Gasteiger charge is 2.33. The molecule has 3 heterocycles. The number of hydrogen-bond acceptors (Lipinski definition) is 6. The normalized spacial score (nSPS) is 19.3. The number of allylic oxidation sites excluding steroid dienone is 3. The third kappa shape index (κ3) is 16.4. The summed E-state index contributed by atoms with van der Waals surface area (Å²) in [5.74, 6) is 1.76. The molecule has 2 unspecified atom stereocenters. The van der Waals surface area contributed by atoms with Crippen LogP contribution in [0.25, 0.3) is 0 Å². The van der Waals surface area contributed by atoms with E-state index in [2.05, 4.69) is 108 Å². The van der Waals surface area contributed by atoms with Crippen LogP contribution in [-0.2, 0) is 0 Å². The zero-order valence-electron chi connectivity index (χ0n) is 38.6. The fraction of sp³-hybridized carbons (Fsp3) is 0.588. The number of aliphatic imine (C=N–C) groups is 1. The second-order valence-electron chi connectivity index (χ2n) is 16.1. The number of nitrogens with zero attached hydrogens (tertiary/aromatic N) is 4. The fourth-order valence-electron chi connectivity index (χ4n) is 8.20. The lowest BCUT2D eigenvalue weighted by Crippen LogP contribution is -2.41. The van der Waals surface area contributed by atoms with Gasteiger partial charge in [-0.25, -0.2) is 0 Å². The first-order valence-corrected chi connectivity index (χ1v) is 22.7. The Bertz CT molecular complexity index is 1520. The van der Waals surface area contributed by atoms with Crippen LogP contribution < -0.4 is 16.0 Å². The summed E-state index contributed by atoms with van der Waals surface area (Å²) in [6.07, 6.45) is 19.5. The molecule has 0 aromatic heterocycles. The summed E-state index contributed by atoms with van der Waals surface area (Å²) in [6, 6.07) is 10.6. The molecule has 0 amide bonds. The molecule has 58 heavy (non-hydrogen) atoms. The fourth-order valence-corrected chi connectivity index (χ4v) is 8.20. The number of aryl methyl sites for hydroxylation is 1. The lowest BCUT2D eigenvalue weighted by molar-refractivity contribution is 0.289. The van der Waals surface area contributed by atoms with Crippen molar-refractivity contribution in [3.63, 3.8) is 0 Å². The molecule has 0 radical (unpaired) electrons. The first-order valence-electron chi connectivity index (χ1n) is 22.7. The average molecular weight is 796 g/mol. The number of benzene rings is 1. The van der Waals surface area contributed by atoms with Gasteiger partial charge in [0, 0.05) is 62.1 Å². The molecule has 2 saturated heterocycles. The van der Waals surface area contributed by atoms with Crippen LogP contribution in [0.15, 0.2) is 119 Å². The SMILES string of the molecule is C=C1CCC(N2CC(C(=C)CCCCCCCCCCNCCC)=C(C)C2=C)C(=C)N1.C=CN1CCN(C(=NC)C2=C(NC)CCC2C)C1.CC.Cc1ccccc1. The van der Waals surface area contributed by atoms with E-state index in [0.29, 0.717) is 12.0 Å². The number of rotatable bonds is 18. The summed E-state index contributed by atoms with van der Waals surface area (Å²) in [6.45, 7) is 40.0. The number of piperidine rings is 1. The van der Waals surface area contributed by atoms with Gasteiger partial charge in [0.15, 0.2) is 0 Å². The van der Waals surface area contributed by atoms with E-state index in [1.54, 1.807) is 0 Å². The van der Waals surface area contributed by atoms with E-state index in [9.17, 15) is 0 Å². The maximum atomic E-state index is 4.55. The standard InChI is InChI=1S/C28H47N3.C14H24N4.C7H8.C2H6/c1-7-19-29-20-15-13-11-9-8-10-12-14-16-22(2)27-21-31(26(6)24(27)4)28-18-17-23(3)30-25(28)5;1-5-17-8-9-18(10-17)14(16-4)13-11(2)6-7-12(13)15-3;1-7-5-3-2-4-6-7;1-2/h28-30H,2-3,5-21H2,1,4H3;5,11,15H,1,6-10H2,2-4H3;2-6H,1H3;1-2H3. The Kier molecular flexibility index (Phi) is 24.6. The number of unbranched alkanes of at least 4 members (excludes halogenated alkanes) is 7. The van der Waals surface area contributed by atoms with Gasteiger partial charge in [-0.3, -0.25) is 4.99 Å². The van der Waals surface area contributed by atoms with Gasteiger partial charge in [0.1, 0.15) is 5.84 Å². The van der Waals surface area contributed by atoms with Crippen LogP contribution in [0.5, 0.6) is 0 Å². The van der Waals surface area contributed by atoms with Crippen molar-refractivity contribution in [3.05, 3.63) is 120 Å². The molecule has 0 saturated carbocycles. The Morgan fingerprint density at radius 3 is 2.12 bits per heavy atom. The summed E-state index contributed by atoms with van der Waals surface area (Å²) < 4.78 is 0.